The molecule has 0 aliphatic rings. The molecule has 0 aromatic carbocycles. The summed E-state index contributed by atoms with van der Waals surface area (Å²) in [6, 6.07) is 1.54. The Morgan fingerprint density at radius 1 is 1.08 bits per heavy atom. The number of hydrogen-bond donors (Lipinski definition) is 4. The number of anilines is 1. The van der Waals surface area contributed by atoms with E-state index in [-0.39, 0.29) is 6.54 Å². The van der Waals surface area contributed by atoms with Gasteiger partial charge in [-0.25, -0.2) is 9.59 Å². The van der Waals surface area contributed by atoms with Crippen molar-refractivity contribution in [1.82, 2.24) is 5.32 Å². The molecule has 0 saturated heterocycles. The summed E-state index contributed by atoms with van der Waals surface area (Å²) >= 11 is 1.19. The molecule has 1 aromatic heterocycles. The average molecular weight is 388 g/mol. The highest BCUT2D eigenvalue weighted by molar-refractivity contribution is 7.14. The van der Waals surface area contributed by atoms with E-state index in [9.17, 15) is 19.8 Å². The van der Waals surface area contributed by atoms with Gasteiger partial charge in [-0.2, -0.15) is 0 Å². The number of amides is 2. The van der Waals surface area contributed by atoms with Gasteiger partial charge in [0.2, 0.25) is 0 Å². The van der Waals surface area contributed by atoms with Gasteiger partial charge in [-0.05, 0) is 58.6 Å². The van der Waals surface area contributed by atoms with E-state index in [0.717, 1.165) is 0 Å². The minimum atomic E-state index is -1.23. The van der Waals surface area contributed by atoms with Crippen LogP contribution >= 0.6 is 11.3 Å². The maximum Gasteiger partial charge on any atom is 0.412 e. The van der Waals surface area contributed by atoms with Crippen LogP contribution in [-0.4, -0.2) is 46.3 Å². The lowest BCUT2D eigenvalue weighted by Crippen LogP contribution is -2.38. The highest BCUT2D eigenvalue weighted by Crippen LogP contribution is 2.27. The number of aliphatic hydroxyl groups excluding tert-OH is 2. The van der Waals surface area contributed by atoms with E-state index in [1.807, 2.05) is 0 Å². The molecule has 1 aromatic rings. The first-order chi connectivity index (χ1) is 11.8. The van der Waals surface area contributed by atoms with Crippen LogP contribution in [0.25, 0.3) is 0 Å². The number of aliphatic hydroxyl groups is 2. The summed E-state index contributed by atoms with van der Waals surface area (Å²) in [4.78, 5) is 23.3. The zero-order chi connectivity index (χ0) is 20.1. The number of rotatable bonds is 5. The Labute approximate surface area is 157 Å². The summed E-state index contributed by atoms with van der Waals surface area (Å²) in [5.74, 6) is 0. The van der Waals surface area contributed by atoms with Gasteiger partial charge >= 0.3 is 12.2 Å². The van der Waals surface area contributed by atoms with Gasteiger partial charge in [0.05, 0.1) is 5.00 Å². The average Bonchev–Trinajstić information content (AvgIpc) is 2.88. The van der Waals surface area contributed by atoms with Crippen molar-refractivity contribution >= 4 is 28.5 Å². The van der Waals surface area contributed by atoms with E-state index in [2.05, 4.69) is 10.6 Å². The lowest BCUT2D eigenvalue weighted by molar-refractivity contribution is 0.0131. The minimum Gasteiger partial charge on any atom is -0.444 e. The summed E-state index contributed by atoms with van der Waals surface area (Å²) in [7, 11) is 0. The van der Waals surface area contributed by atoms with Crippen LogP contribution in [0.2, 0.25) is 0 Å². The molecule has 8 nitrogen and oxygen atoms in total. The predicted octanol–water partition coefficient (Wildman–Crippen LogP) is 3.01. The molecule has 2 amide bonds. The highest BCUT2D eigenvalue weighted by atomic mass is 32.1. The van der Waals surface area contributed by atoms with E-state index in [0.29, 0.717) is 10.6 Å². The highest BCUT2D eigenvalue weighted by Gasteiger charge is 2.23. The van der Waals surface area contributed by atoms with E-state index >= 15 is 0 Å². The lowest BCUT2D eigenvalue weighted by Gasteiger charge is -2.22. The van der Waals surface area contributed by atoms with Gasteiger partial charge in [-0.15, -0.1) is 11.3 Å². The van der Waals surface area contributed by atoms with Crippen LogP contribution in [0.3, 0.4) is 0 Å². The van der Waals surface area contributed by atoms with E-state index in [4.69, 9.17) is 9.47 Å². The van der Waals surface area contributed by atoms with Crippen molar-refractivity contribution in [3.8, 4) is 0 Å². The van der Waals surface area contributed by atoms with Crippen LogP contribution in [0, 0.1) is 0 Å². The maximum atomic E-state index is 11.7. The Morgan fingerprint density at radius 2 is 1.62 bits per heavy atom. The summed E-state index contributed by atoms with van der Waals surface area (Å²) < 4.78 is 10.2. The first-order valence-corrected chi connectivity index (χ1v) is 9.06. The van der Waals surface area contributed by atoms with Gasteiger partial charge in [0.1, 0.15) is 23.4 Å². The van der Waals surface area contributed by atoms with E-state index in [1.54, 1.807) is 46.9 Å². The zero-order valence-electron chi connectivity index (χ0n) is 16.0. The Balaban J connectivity index is 2.54. The number of ether oxygens (including phenoxy) is 2. The quantitative estimate of drug-likeness (QED) is 0.616. The molecular formula is C17H28N2O6S. The summed E-state index contributed by atoms with van der Waals surface area (Å²) in [5, 5.41) is 27.3. The number of thiophene rings is 1. The standard InChI is InChI=1S/C17H28N2O6S/c1-16(2,3)24-14(22)18-8-11(20)13(21)10-7-12(26-9-10)19-15(23)25-17(4,5)6/h7,9,11,13,20-21H,8H2,1-6H3,(H,18,22)(H,19,23). The van der Waals surface area contributed by atoms with Crippen LogP contribution in [0.1, 0.15) is 53.2 Å². The Kier molecular flexibility index (Phi) is 7.43. The Morgan fingerprint density at radius 3 is 2.15 bits per heavy atom. The van der Waals surface area contributed by atoms with Crippen molar-refractivity contribution in [2.24, 2.45) is 0 Å². The summed E-state index contributed by atoms with van der Waals surface area (Å²) in [5.41, 5.74) is -0.851. The fourth-order valence-electron chi connectivity index (χ4n) is 1.81. The lowest BCUT2D eigenvalue weighted by atomic mass is 10.1. The monoisotopic (exact) mass is 388 g/mol. The number of carbonyl (C=O) groups excluding carboxylic acids is 2. The molecular weight excluding hydrogens is 360 g/mol. The van der Waals surface area contributed by atoms with E-state index < -0.39 is 35.6 Å². The second kappa shape index (κ2) is 8.70. The largest absolute Gasteiger partial charge is 0.444 e. The maximum absolute atomic E-state index is 11.7. The molecule has 2 unspecified atom stereocenters. The smallest absolute Gasteiger partial charge is 0.412 e. The van der Waals surface area contributed by atoms with Gasteiger partial charge < -0.3 is 25.0 Å². The summed E-state index contributed by atoms with van der Waals surface area (Å²) in [6.45, 7) is 10.3. The first kappa shape index (κ1) is 22.2. The van der Waals surface area contributed by atoms with Crippen LogP contribution < -0.4 is 10.6 Å². The molecule has 2 atom stereocenters. The van der Waals surface area contributed by atoms with Crippen molar-refractivity contribution in [2.75, 3.05) is 11.9 Å². The molecule has 0 aliphatic heterocycles. The fourth-order valence-corrected chi connectivity index (χ4v) is 2.63. The second-order valence-corrected chi connectivity index (χ2v) is 8.68. The second-order valence-electron chi connectivity index (χ2n) is 7.77. The molecule has 0 spiro atoms. The van der Waals surface area contributed by atoms with Crippen molar-refractivity contribution in [3.63, 3.8) is 0 Å². The van der Waals surface area contributed by atoms with Gasteiger partial charge in [0, 0.05) is 6.54 Å². The topological polar surface area (TPSA) is 117 Å². The molecule has 0 radical (unpaired) electrons. The predicted molar refractivity (Wildman–Crippen MR) is 99.4 cm³/mol. The van der Waals surface area contributed by atoms with Crippen molar-refractivity contribution < 1.29 is 29.3 Å². The zero-order valence-corrected chi connectivity index (χ0v) is 16.8. The third-order valence-corrected chi connectivity index (χ3v) is 3.67. The first-order valence-electron chi connectivity index (χ1n) is 8.18. The van der Waals surface area contributed by atoms with Crippen LogP contribution in [0.15, 0.2) is 11.4 Å². The van der Waals surface area contributed by atoms with Crippen molar-refractivity contribution in [3.05, 3.63) is 17.0 Å². The SMILES string of the molecule is CC(C)(C)OC(=O)NCC(O)C(O)c1csc(NC(=O)OC(C)(C)C)c1. The van der Waals surface area contributed by atoms with Crippen LogP contribution in [0.4, 0.5) is 14.6 Å². The molecule has 1 heterocycles. The molecule has 1 rings (SSSR count). The molecule has 9 heteroatoms. The molecule has 4 N–H and O–H groups in total. The van der Waals surface area contributed by atoms with Gasteiger partial charge in [0.25, 0.3) is 0 Å². The number of nitrogens with one attached hydrogen (secondary N) is 2. The number of carbonyl (C=O) groups is 2. The molecule has 148 valence electrons. The van der Waals surface area contributed by atoms with Crippen LogP contribution in [-0.2, 0) is 9.47 Å². The molecule has 26 heavy (non-hydrogen) atoms. The van der Waals surface area contributed by atoms with Gasteiger partial charge in [-0.3, -0.25) is 5.32 Å². The Bertz CT molecular complexity index is 618. The third kappa shape index (κ3) is 8.50. The van der Waals surface area contributed by atoms with Crippen molar-refractivity contribution in [1.29, 1.82) is 0 Å². The third-order valence-electron chi connectivity index (χ3n) is 2.80. The van der Waals surface area contributed by atoms with Gasteiger partial charge in [-0.1, -0.05) is 0 Å². The molecule has 0 bridgehead atoms. The Hall–Kier alpha value is -1.84. The van der Waals surface area contributed by atoms with Gasteiger partial charge in [0.15, 0.2) is 0 Å². The number of hydrogen-bond acceptors (Lipinski definition) is 7. The van der Waals surface area contributed by atoms with Crippen LogP contribution in [0.5, 0.6) is 0 Å². The normalized spacial score (nSPS) is 14.3. The van der Waals surface area contributed by atoms with E-state index in [1.165, 1.54) is 17.4 Å². The molecule has 0 fully saturated rings. The molecule has 0 aliphatic carbocycles. The van der Waals surface area contributed by atoms with Crippen molar-refractivity contribution in [2.45, 2.75) is 65.0 Å². The number of alkyl carbamates (subject to hydrolysis) is 1. The minimum absolute atomic E-state index is 0.180. The molecule has 0 saturated carbocycles. The fraction of sp³-hybridized carbons (Fsp3) is 0.647. The summed E-state index contributed by atoms with van der Waals surface area (Å²) in [6.07, 6.45) is -3.74.